The van der Waals surface area contributed by atoms with Gasteiger partial charge in [0.15, 0.2) is 0 Å². The zero-order valence-corrected chi connectivity index (χ0v) is 15.2. The van der Waals surface area contributed by atoms with Gasteiger partial charge < -0.3 is 25.4 Å². The topological polar surface area (TPSA) is 76.8 Å². The lowest BCUT2D eigenvalue weighted by atomic mass is 10.1. The molecule has 1 aromatic rings. The van der Waals surface area contributed by atoms with Crippen molar-refractivity contribution < 1.29 is 14.3 Å². The Morgan fingerprint density at radius 1 is 1.20 bits per heavy atom. The molecule has 1 aliphatic heterocycles. The van der Waals surface area contributed by atoms with Crippen molar-refractivity contribution in [3.63, 3.8) is 0 Å². The number of carbonyl (C=O) groups is 1. The number of amides is 1. The molecule has 3 unspecified atom stereocenters. The second-order valence-corrected chi connectivity index (χ2v) is 7.19. The van der Waals surface area contributed by atoms with Crippen molar-refractivity contribution in [3.05, 3.63) is 18.2 Å². The van der Waals surface area contributed by atoms with Gasteiger partial charge >= 0.3 is 0 Å². The van der Waals surface area contributed by atoms with Crippen molar-refractivity contribution in [2.45, 2.75) is 31.7 Å². The lowest BCUT2D eigenvalue weighted by molar-refractivity contribution is -0.125. The Balaban J connectivity index is 1.52. The van der Waals surface area contributed by atoms with E-state index in [2.05, 4.69) is 10.2 Å². The van der Waals surface area contributed by atoms with E-state index in [-0.39, 0.29) is 17.9 Å². The van der Waals surface area contributed by atoms with Crippen LogP contribution in [0.5, 0.6) is 11.5 Å². The summed E-state index contributed by atoms with van der Waals surface area (Å²) in [7, 11) is 3.32. The quantitative estimate of drug-likeness (QED) is 0.820. The summed E-state index contributed by atoms with van der Waals surface area (Å²) in [5.74, 6) is 2.34. The van der Waals surface area contributed by atoms with E-state index in [1.54, 1.807) is 14.2 Å². The van der Waals surface area contributed by atoms with E-state index in [0.717, 1.165) is 62.5 Å². The van der Waals surface area contributed by atoms with Crippen LogP contribution in [0.4, 0.5) is 5.69 Å². The summed E-state index contributed by atoms with van der Waals surface area (Å²) in [5.41, 5.74) is 7.01. The van der Waals surface area contributed by atoms with Crippen LogP contribution >= 0.6 is 0 Å². The molecule has 1 saturated carbocycles. The van der Waals surface area contributed by atoms with Crippen LogP contribution in [-0.4, -0.2) is 45.8 Å². The average Bonchev–Trinajstić information content (AvgIpc) is 3.28. The van der Waals surface area contributed by atoms with Crippen LogP contribution < -0.4 is 25.4 Å². The third-order valence-electron chi connectivity index (χ3n) is 5.40. The van der Waals surface area contributed by atoms with Gasteiger partial charge in [0.05, 0.1) is 14.2 Å². The Morgan fingerprint density at radius 2 is 1.92 bits per heavy atom. The fraction of sp³-hybridized carbons (Fsp3) is 0.632. The fourth-order valence-corrected chi connectivity index (χ4v) is 3.85. The minimum Gasteiger partial charge on any atom is -0.497 e. The number of nitrogens with one attached hydrogen (secondary N) is 1. The molecule has 2 aliphatic rings. The number of nitrogens with two attached hydrogens (primary N) is 1. The highest BCUT2D eigenvalue weighted by molar-refractivity contribution is 5.79. The first-order valence-corrected chi connectivity index (χ1v) is 9.10. The Morgan fingerprint density at radius 3 is 2.52 bits per heavy atom. The molecule has 3 rings (SSSR count). The molecule has 6 heteroatoms. The van der Waals surface area contributed by atoms with Crippen LogP contribution in [0.25, 0.3) is 0 Å². The lowest BCUT2D eigenvalue weighted by Gasteiger charge is -2.21. The molecule has 1 aromatic carbocycles. The summed E-state index contributed by atoms with van der Waals surface area (Å²) in [6.45, 7) is 2.65. The van der Waals surface area contributed by atoms with Crippen molar-refractivity contribution in [2.24, 2.45) is 17.6 Å². The number of carbonyl (C=O) groups excluding carboxylic acids is 1. The van der Waals surface area contributed by atoms with Gasteiger partial charge in [-0.05, 0) is 31.6 Å². The first kappa shape index (κ1) is 17.9. The van der Waals surface area contributed by atoms with Crippen LogP contribution in [0.1, 0.15) is 25.7 Å². The number of anilines is 1. The molecule has 0 aromatic heterocycles. The molecule has 2 fully saturated rings. The first-order chi connectivity index (χ1) is 12.1. The van der Waals surface area contributed by atoms with Crippen molar-refractivity contribution in [3.8, 4) is 11.5 Å². The second kappa shape index (κ2) is 7.95. The molecule has 1 aliphatic carbocycles. The highest BCUT2D eigenvalue weighted by atomic mass is 16.5. The van der Waals surface area contributed by atoms with Gasteiger partial charge in [0.2, 0.25) is 5.91 Å². The van der Waals surface area contributed by atoms with Gasteiger partial charge in [-0.2, -0.15) is 0 Å². The maximum Gasteiger partial charge on any atom is 0.223 e. The Bertz CT molecular complexity index is 585. The summed E-state index contributed by atoms with van der Waals surface area (Å²) in [5, 5.41) is 3.13. The first-order valence-electron chi connectivity index (χ1n) is 9.10. The largest absolute Gasteiger partial charge is 0.497 e. The molecule has 138 valence electrons. The lowest BCUT2D eigenvalue weighted by Crippen LogP contribution is -2.35. The number of hydrogen-bond donors (Lipinski definition) is 2. The predicted octanol–water partition coefficient (Wildman–Crippen LogP) is 1.77. The van der Waals surface area contributed by atoms with Gasteiger partial charge in [-0.3, -0.25) is 4.79 Å². The van der Waals surface area contributed by atoms with Gasteiger partial charge in [-0.25, -0.2) is 0 Å². The highest BCUT2D eigenvalue weighted by Gasteiger charge is 2.29. The SMILES string of the molecule is COc1cc(OC)cc(N2CCC(CNC(=O)C3CCC(N)C3)C2)c1. The Kier molecular flexibility index (Phi) is 5.68. The molecule has 1 amide bonds. The predicted molar refractivity (Wildman–Crippen MR) is 98.2 cm³/mol. The van der Waals surface area contributed by atoms with Crippen LogP contribution in [-0.2, 0) is 4.79 Å². The molecule has 6 nitrogen and oxygen atoms in total. The van der Waals surface area contributed by atoms with Gasteiger partial charge in [0.25, 0.3) is 0 Å². The minimum atomic E-state index is 0.107. The number of hydrogen-bond acceptors (Lipinski definition) is 5. The van der Waals surface area contributed by atoms with Crippen molar-refractivity contribution in [1.82, 2.24) is 5.32 Å². The molecule has 0 radical (unpaired) electrons. The zero-order chi connectivity index (χ0) is 17.8. The molecular formula is C19H29N3O3. The molecule has 3 atom stereocenters. The molecule has 1 saturated heterocycles. The monoisotopic (exact) mass is 347 g/mol. The van der Waals surface area contributed by atoms with E-state index >= 15 is 0 Å². The van der Waals surface area contributed by atoms with E-state index in [9.17, 15) is 4.79 Å². The van der Waals surface area contributed by atoms with Crippen molar-refractivity contribution in [1.29, 1.82) is 0 Å². The summed E-state index contributed by atoms with van der Waals surface area (Å²) < 4.78 is 10.7. The van der Waals surface area contributed by atoms with Crippen LogP contribution in [0.15, 0.2) is 18.2 Å². The van der Waals surface area contributed by atoms with Crippen LogP contribution in [0, 0.1) is 11.8 Å². The molecule has 25 heavy (non-hydrogen) atoms. The number of rotatable bonds is 6. The number of methoxy groups -OCH3 is 2. The molecule has 0 bridgehead atoms. The standard InChI is InChI=1S/C19H29N3O3/c1-24-17-8-16(9-18(10-17)25-2)22-6-5-13(12-22)11-21-19(23)14-3-4-15(20)7-14/h8-10,13-15H,3-7,11-12,20H2,1-2H3,(H,21,23). The summed E-state index contributed by atoms with van der Waals surface area (Å²) in [6, 6.07) is 6.14. The van der Waals surface area contributed by atoms with E-state index in [0.29, 0.717) is 5.92 Å². The average molecular weight is 347 g/mol. The highest BCUT2D eigenvalue weighted by Crippen LogP contribution is 2.31. The molecule has 3 N–H and O–H groups in total. The van der Waals surface area contributed by atoms with Gasteiger partial charge in [0, 0.05) is 55.5 Å². The minimum absolute atomic E-state index is 0.107. The van der Waals surface area contributed by atoms with E-state index in [1.807, 2.05) is 18.2 Å². The maximum absolute atomic E-state index is 12.3. The van der Waals surface area contributed by atoms with E-state index < -0.39 is 0 Å². The normalized spacial score (nSPS) is 25.9. The number of benzene rings is 1. The smallest absolute Gasteiger partial charge is 0.223 e. The van der Waals surface area contributed by atoms with E-state index in [1.165, 1.54) is 0 Å². The van der Waals surface area contributed by atoms with Gasteiger partial charge in [-0.1, -0.05) is 0 Å². The maximum atomic E-state index is 12.3. The fourth-order valence-electron chi connectivity index (χ4n) is 3.85. The van der Waals surface area contributed by atoms with Crippen LogP contribution in [0.2, 0.25) is 0 Å². The van der Waals surface area contributed by atoms with E-state index in [4.69, 9.17) is 15.2 Å². The van der Waals surface area contributed by atoms with Crippen molar-refractivity contribution >= 4 is 11.6 Å². The van der Waals surface area contributed by atoms with Gasteiger partial charge in [0.1, 0.15) is 11.5 Å². The second-order valence-electron chi connectivity index (χ2n) is 7.19. The molecule has 0 spiro atoms. The summed E-state index contributed by atoms with van der Waals surface area (Å²) in [6.07, 6.45) is 3.79. The van der Waals surface area contributed by atoms with Crippen LogP contribution in [0.3, 0.4) is 0 Å². The number of nitrogens with zero attached hydrogens (tertiary/aromatic N) is 1. The number of ether oxygens (including phenoxy) is 2. The molecule has 1 heterocycles. The Hall–Kier alpha value is -1.95. The van der Waals surface area contributed by atoms with Crippen molar-refractivity contribution in [2.75, 3.05) is 38.8 Å². The summed E-state index contributed by atoms with van der Waals surface area (Å²) in [4.78, 5) is 14.6. The van der Waals surface area contributed by atoms with Gasteiger partial charge in [-0.15, -0.1) is 0 Å². The third-order valence-corrected chi connectivity index (χ3v) is 5.40. The Labute approximate surface area is 149 Å². The zero-order valence-electron chi connectivity index (χ0n) is 15.2. The third kappa shape index (κ3) is 4.37. The molecular weight excluding hydrogens is 318 g/mol. The summed E-state index contributed by atoms with van der Waals surface area (Å²) >= 11 is 0.